The Morgan fingerprint density at radius 1 is 1.08 bits per heavy atom. The van der Waals surface area contributed by atoms with E-state index in [1.165, 1.54) is 12.1 Å². The number of nitrogens with zero attached hydrogens (tertiary/aromatic N) is 3. The van der Waals surface area contributed by atoms with Crippen molar-refractivity contribution in [1.29, 1.82) is 0 Å². The van der Waals surface area contributed by atoms with Gasteiger partial charge in [-0.1, -0.05) is 24.3 Å². The van der Waals surface area contributed by atoms with Gasteiger partial charge >= 0.3 is 0 Å². The van der Waals surface area contributed by atoms with Gasteiger partial charge in [-0.3, -0.25) is 9.20 Å². The van der Waals surface area contributed by atoms with Crippen molar-refractivity contribution in [2.24, 2.45) is 0 Å². The van der Waals surface area contributed by atoms with Crippen LogP contribution in [0.2, 0.25) is 0 Å². The quantitative estimate of drug-likeness (QED) is 0.613. The van der Waals surface area contributed by atoms with Crippen molar-refractivity contribution in [3.05, 3.63) is 84.6 Å². The van der Waals surface area contributed by atoms with Gasteiger partial charge < -0.3 is 5.32 Å². The third-order valence-corrected chi connectivity index (χ3v) is 3.98. The number of benzene rings is 2. The Hall–Kier alpha value is -3.54. The molecule has 0 aliphatic rings. The van der Waals surface area contributed by atoms with Crippen molar-refractivity contribution >= 4 is 17.4 Å². The second-order valence-corrected chi connectivity index (χ2v) is 5.88. The minimum Gasteiger partial charge on any atom is -0.326 e. The molecule has 0 aliphatic heterocycles. The van der Waals surface area contributed by atoms with Crippen LogP contribution >= 0.6 is 0 Å². The van der Waals surface area contributed by atoms with Gasteiger partial charge in [0.2, 0.25) is 11.7 Å². The van der Waals surface area contributed by atoms with Crippen LogP contribution in [-0.4, -0.2) is 20.3 Å². The van der Waals surface area contributed by atoms with Crippen LogP contribution in [0.1, 0.15) is 5.56 Å². The van der Waals surface area contributed by atoms with E-state index < -0.39 is 0 Å². The largest absolute Gasteiger partial charge is 0.326 e. The molecule has 4 rings (SSSR count). The summed E-state index contributed by atoms with van der Waals surface area (Å²) in [6.07, 6.45) is 5.69. The number of rotatable bonds is 4. The van der Waals surface area contributed by atoms with Crippen LogP contribution in [0.15, 0.2) is 73.2 Å². The Bertz CT molecular complexity index is 1020. The molecule has 128 valence electrons. The normalized spacial score (nSPS) is 10.8. The number of hydrogen-bond acceptors (Lipinski definition) is 3. The maximum absolute atomic E-state index is 12.9. The first-order valence-electron chi connectivity index (χ1n) is 8.12. The topological polar surface area (TPSA) is 59.3 Å². The second-order valence-electron chi connectivity index (χ2n) is 5.88. The molecule has 1 amide bonds. The number of anilines is 1. The molecule has 0 saturated heterocycles. The summed E-state index contributed by atoms with van der Waals surface area (Å²) in [5.74, 6) is 0.173. The van der Waals surface area contributed by atoms with E-state index in [1.54, 1.807) is 18.3 Å². The molecule has 0 atom stereocenters. The van der Waals surface area contributed by atoms with E-state index in [-0.39, 0.29) is 18.1 Å². The fourth-order valence-corrected chi connectivity index (χ4v) is 2.69. The van der Waals surface area contributed by atoms with Gasteiger partial charge in [-0.15, -0.1) is 0 Å². The lowest BCUT2D eigenvalue weighted by Gasteiger charge is -2.06. The highest BCUT2D eigenvalue weighted by Crippen LogP contribution is 2.21. The highest BCUT2D eigenvalue weighted by atomic mass is 19.1. The Balaban J connectivity index is 1.45. The van der Waals surface area contributed by atoms with E-state index >= 15 is 0 Å². The van der Waals surface area contributed by atoms with Crippen LogP contribution in [0.5, 0.6) is 0 Å². The number of carbonyl (C=O) groups is 1. The molecule has 0 unspecified atom stereocenters. The molecule has 2 aromatic carbocycles. The lowest BCUT2D eigenvalue weighted by atomic mass is 10.1. The van der Waals surface area contributed by atoms with Crippen molar-refractivity contribution in [3.8, 4) is 11.3 Å². The molecule has 26 heavy (non-hydrogen) atoms. The lowest BCUT2D eigenvalue weighted by molar-refractivity contribution is -0.115. The summed E-state index contributed by atoms with van der Waals surface area (Å²) in [4.78, 5) is 20.8. The SMILES string of the molecule is O=C(Cc1ccc(F)cc1)Nc1ccc(-c2cn3cccnc3n2)cc1. The van der Waals surface area contributed by atoms with Crippen molar-refractivity contribution in [1.82, 2.24) is 14.4 Å². The second kappa shape index (κ2) is 6.76. The molecule has 0 radical (unpaired) electrons. The smallest absolute Gasteiger partial charge is 0.234 e. The molecule has 2 aromatic heterocycles. The van der Waals surface area contributed by atoms with E-state index in [0.717, 1.165) is 16.8 Å². The summed E-state index contributed by atoms with van der Waals surface area (Å²) in [5, 5.41) is 2.84. The summed E-state index contributed by atoms with van der Waals surface area (Å²) >= 11 is 0. The molecule has 0 aliphatic carbocycles. The van der Waals surface area contributed by atoms with E-state index in [4.69, 9.17) is 0 Å². The fourth-order valence-electron chi connectivity index (χ4n) is 2.69. The van der Waals surface area contributed by atoms with E-state index in [2.05, 4.69) is 15.3 Å². The van der Waals surface area contributed by atoms with Gasteiger partial charge in [-0.05, 0) is 35.9 Å². The maximum Gasteiger partial charge on any atom is 0.234 e. The zero-order valence-electron chi connectivity index (χ0n) is 13.8. The van der Waals surface area contributed by atoms with Crippen LogP contribution in [0.4, 0.5) is 10.1 Å². The van der Waals surface area contributed by atoms with Gasteiger partial charge in [0, 0.05) is 29.8 Å². The highest BCUT2D eigenvalue weighted by molar-refractivity contribution is 5.92. The van der Waals surface area contributed by atoms with E-state index in [9.17, 15) is 9.18 Å². The summed E-state index contributed by atoms with van der Waals surface area (Å²) < 4.78 is 14.8. The summed E-state index contributed by atoms with van der Waals surface area (Å²) in [6.45, 7) is 0. The van der Waals surface area contributed by atoms with Crippen LogP contribution < -0.4 is 5.32 Å². The summed E-state index contributed by atoms with van der Waals surface area (Å²) in [5.41, 5.74) is 3.21. The monoisotopic (exact) mass is 346 g/mol. The Labute approximate surface area is 149 Å². The Morgan fingerprint density at radius 2 is 1.85 bits per heavy atom. The molecular weight excluding hydrogens is 331 g/mol. The molecule has 0 fully saturated rings. The molecule has 1 N–H and O–H groups in total. The number of nitrogens with one attached hydrogen (secondary N) is 1. The molecule has 0 saturated carbocycles. The summed E-state index contributed by atoms with van der Waals surface area (Å²) in [7, 11) is 0. The molecule has 0 bridgehead atoms. The first-order chi connectivity index (χ1) is 12.7. The average Bonchev–Trinajstić information content (AvgIpc) is 3.08. The van der Waals surface area contributed by atoms with Crippen LogP contribution in [-0.2, 0) is 11.2 Å². The number of aromatic nitrogens is 3. The van der Waals surface area contributed by atoms with Gasteiger partial charge in [0.15, 0.2) is 0 Å². The summed E-state index contributed by atoms with van der Waals surface area (Å²) in [6, 6.07) is 15.2. The van der Waals surface area contributed by atoms with Crippen molar-refractivity contribution in [2.45, 2.75) is 6.42 Å². The van der Waals surface area contributed by atoms with Gasteiger partial charge in [0.05, 0.1) is 12.1 Å². The molecule has 5 nitrogen and oxygen atoms in total. The van der Waals surface area contributed by atoms with Crippen LogP contribution in [0.3, 0.4) is 0 Å². The molecule has 0 spiro atoms. The predicted molar refractivity (Wildman–Crippen MR) is 97.2 cm³/mol. The van der Waals surface area contributed by atoms with Crippen molar-refractivity contribution < 1.29 is 9.18 Å². The molecular formula is C20H15FN4O. The number of carbonyl (C=O) groups excluding carboxylic acids is 1. The zero-order valence-corrected chi connectivity index (χ0v) is 13.8. The number of halogens is 1. The third-order valence-electron chi connectivity index (χ3n) is 3.98. The number of fused-ring (bicyclic) bond motifs is 1. The molecule has 4 aromatic rings. The first-order valence-corrected chi connectivity index (χ1v) is 8.12. The average molecular weight is 346 g/mol. The van der Waals surface area contributed by atoms with E-state index in [1.807, 2.05) is 47.1 Å². The van der Waals surface area contributed by atoms with E-state index in [0.29, 0.717) is 11.5 Å². The Kier molecular flexibility index (Phi) is 4.15. The van der Waals surface area contributed by atoms with Crippen LogP contribution in [0, 0.1) is 5.82 Å². The fraction of sp³-hybridized carbons (Fsp3) is 0.0500. The minimum atomic E-state index is -0.313. The van der Waals surface area contributed by atoms with Gasteiger partial charge in [-0.2, -0.15) is 0 Å². The molecule has 2 heterocycles. The zero-order chi connectivity index (χ0) is 17.9. The minimum absolute atomic E-state index is 0.152. The number of imidazole rings is 1. The van der Waals surface area contributed by atoms with Crippen molar-refractivity contribution in [3.63, 3.8) is 0 Å². The van der Waals surface area contributed by atoms with Crippen molar-refractivity contribution in [2.75, 3.05) is 5.32 Å². The Morgan fingerprint density at radius 3 is 2.58 bits per heavy atom. The van der Waals surface area contributed by atoms with Gasteiger partial charge in [-0.25, -0.2) is 14.4 Å². The lowest BCUT2D eigenvalue weighted by Crippen LogP contribution is -2.14. The van der Waals surface area contributed by atoms with Crippen LogP contribution in [0.25, 0.3) is 17.0 Å². The predicted octanol–water partition coefficient (Wildman–Crippen LogP) is 3.72. The number of hydrogen-bond donors (Lipinski definition) is 1. The number of amides is 1. The standard InChI is InChI=1S/C20H15FN4O/c21-16-6-2-14(3-7-16)12-19(26)23-17-8-4-15(5-9-17)18-13-25-11-1-10-22-20(25)24-18/h1-11,13H,12H2,(H,23,26). The first kappa shape index (κ1) is 16.0. The van der Waals surface area contributed by atoms with Gasteiger partial charge in [0.25, 0.3) is 0 Å². The molecule has 6 heteroatoms. The highest BCUT2D eigenvalue weighted by Gasteiger charge is 2.07. The third kappa shape index (κ3) is 3.44. The maximum atomic E-state index is 12.9. The van der Waals surface area contributed by atoms with Gasteiger partial charge in [0.1, 0.15) is 5.82 Å².